The first-order valence-corrected chi connectivity index (χ1v) is 5.40. The molecule has 0 aliphatic carbocycles. The lowest BCUT2D eigenvalue weighted by Gasteiger charge is -2.17. The van der Waals surface area contributed by atoms with Crippen LogP contribution >= 0.6 is 0 Å². The molecule has 0 aliphatic rings. The average Bonchev–Trinajstić information content (AvgIpc) is 2.25. The standard InChI is InChI=1S/C10H23N3O2/c1-5-14-9(15-6-2)7-8-13-10(11-3)12-4/h9H,5-8H2,1-4H3,(H2,11,12,13). The Hall–Kier alpha value is -0.810. The van der Waals surface area contributed by atoms with Gasteiger partial charge in [0.1, 0.15) is 0 Å². The molecule has 0 heterocycles. The molecule has 0 spiro atoms. The minimum Gasteiger partial charge on any atom is -0.359 e. The Labute approximate surface area is 92.2 Å². The van der Waals surface area contributed by atoms with E-state index in [9.17, 15) is 0 Å². The van der Waals surface area contributed by atoms with Gasteiger partial charge in [0.15, 0.2) is 12.2 Å². The number of ether oxygens (including phenoxy) is 2. The number of aliphatic imine (C=N–C) groups is 1. The first-order valence-electron chi connectivity index (χ1n) is 5.40. The summed E-state index contributed by atoms with van der Waals surface area (Å²) in [5.74, 6) is 0.779. The van der Waals surface area contributed by atoms with Gasteiger partial charge in [0.25, 0.3) is 0 Å². The lowest BCUT2D eigenvalue weighted by molar-refractivity contribution is -0.138. The van der Waals surface area contributed by atoms with Gasteiger partial charge in [0, 0.05) is 40.3 Å². The van der Waals surface area contributed by atoms with Crippen LogP contribution in [0.4, 0.5) is 0 Å². The molecule has 5 nitrogen and oxygen atoms in total. The predicted molar refractivity (Wildman–Crippen MR) is 62.1 cm³/mol. The Kier molecular flexibility index (Phi) is 9.21. The van der Waals surface area contributed by atoms with Crippen LogP contribution in [0, 0.1) is 0 Å². The van der Waals surface area contributed by atoms with Gasteiger partial charge in [0.2, 0.25) is 0 Å². The summed E-state index contributed by atoms with van der Waals surface area (Å²) in [5, 5.41) is 6.09. The van der Waals surface area contributed by atoms with Crippen molar-refractivity contribution in [2.45, 2.75) is 26.6 Å². The van der Waals surface area contributed by atoms with Gasteiger partial charge in [-0.15, -0.1) is 0 Å². The van der Waals surface area contributed by atoms with Gasteiger partial charge in [-0.2, -0.15) is 0 Å². The van der Waals surface area contributed by atoms with Gasteiger partial charge in [-0.05, 0) is 13.8 Å². The Balaban J connectivity index is 3.69. The molecule has 0 bridgehead atoms. The second kappa shape index (κ2) is 9.73. The van der Waals surface area contributed by atoms with Crippen molar-refractivity contribution in [3.8, 4) is 0 Å². The predicted octanol–water partition coefficient (Wildman–Crippen LogP) is 0.570. The first-order chi connectivity index (χ1) is 7.28. The number of rotatable bonds is 7. The molecule has 0 amide bonds. The van der Waals surface area contributed by atoms with Crippen LogP contribution < -0.4 is 10.6 Å². The molecule has 0 aromatic rings. The summed E-state index contributed by atoms with van der Waals surface area (Å²) in [7, 11) is 3.57. The topological polar surface area (TPSA) is 54.9 Å². The van der Waals surface area contributed by atoms with Gasteiger partial charge in [-0.1, -0.05) is 0 Å². The SMILES string of the molecule is CCOC(CCNC(=NC)NC)OCC. The zero-order valence-corrected chi connectivity index (χ0v) is 10.2. The maximum absolute atomic E-state index is 5.41. The molecule has 0 aromatic carbocycles. The summed E-state index contributed by atoms with van der Waals surface area (Å²) in [5.41, 5.74) is 0. The summed E-state index contributed by atoms with van der Waals surface area (Å²) >= 11 is 0. The fraction of sp³-hybridized carbons (Fsp3) is 0.900. The molecule has 0 rings (SSSR count). The van der Waals surface area contributed by atoms with Crippen LogP contribution in [0.3, 0.4) is 0 Å². The van der Waals surface area contributed by atoms with Gasteiger partial charge in [0.05, 0.1) is 0 Å². The highest BCUT2D eigenvalue weighted by Crippen LogP contribution is 1.99. The van der Waals surface area contributed by atoms with E-state index < -0.39 is 0 Å². The highest BCUT2D eigenvalue weighted by atomic mass is 16.7. The van der Waals surface area contributed by atoms with Crippen molar-refractivity contribution in [3.05, 3.63) is 0 Å². The molecule has 0 aromatic heterocycles. The molecule has 0 saturated heterocycles. The Morgan fingerprint density at radius 2 is 1.87 bits per heavy atom. The third-order valence-corrected chi connectivity index (χ3v) is 1.84. The van der Waals surface area contributed by atoms with Crippen LogP contribution in [0.1, 0.15) is 20.3 Å². The van der Waals surface area contributed by atoms with Crippen molar-refractivity contribution >= 4 is 5.96 Å². The Bertz CT molecular complexity index is 168. The molecule has 15 heavy (non-hydrogen) atoms. The van der Waals surface area contributed by atoms with E-state index in [1.54, 1.807) is 7.05 Å². The Morgan fingerprint density at radius 1 is 1.27 bits per heavy atom. The molecule has 0 atom stereocenters. The number of nitrogens with zero attached hydrogens (tertiary/aromatic N) is 1. The minimum absolute atomic E-state index is 0.123. The van der Waals surface area contributed by atoms with E-state index >= 15 is 0 Å². The maximum Gasteiger partial charge on any atom is 0.190 e. The molecule has 0 radical (unpaired) electrons. The van der Waals surface area contributed by atoms with Crippen LogP contribution in [-0.4, -0.2) is 46.1 Å². The van der Waals surface area contributed by atoms with E-state index in [0.29, 0.717) is 13.2 Å². The Morgan fingerprint density at radius 3 is 2.27 bits per heavy atom. The number of nitrogens with one attached hydrogen (secondary N) is 2. The summed E-state index contributed by atoms with van der Waals surface area (Å²) < 4.78 is 10.8. The van der Waals surface area contributed by atoms with Gasteiger partial charge in [-0.3, -0.25) is 4.99 Å². The third kappa shape index (κ3) is 7.16. The number of guanidine groups is 1. The van der Waals surface area contributed by atoms with Crippen LogP contribution in [-0.2, 0) is 9.47 Å². The van der Waals surface area contributed by atoms with E-state index in [4.69, 9.17) is 9.47 Å². The molecule has 0 unspecified atom stereocenters. The van der Waals surface area contributed by atoms with Crippen LogP contribution in [0.15, 0.2) is 4.99 Å². The number of hydrogen-bond donors (Lipinski definition) is 2. The lowest BCUT2D eigenvalue weighted by atomic mass is 10.4. The monoisotopic (exact) mass is 217 g/mol. The molecule has 2 N–H and O–H groups in total. The van der Waals surface area contributed by atoms with Crippen molar-refractivity contribution in [3.63, 3.8) is 0 Å². The van der Waals surface area contributed by atoms with E-state index in [1.807, 2.05) is 20.9 Å². The summed E-state index contributed by atoms with van der Waals surface area (Å²) in [4.78, 5) is 4.01. The maximum atomic E-state index is 5.41. The van der Waals surface area contributed by atoms with Crippen molar-refractivity contribution in [2.75, 3.05) is 33.9 Å². The van der Waals surface area contributed by atoms with E-state index in [0.717, 1.165) is 18.9 Å². The molecular weight excluding hydrogens is 194 g/mol. The van der Waals surface area contributed by atoms with Gasteiger partial charge < -0.3 is 20.1 Å². The normalized spacial score (nSPS) is 11.9. The fourth-order valence-electron chi connectivity index (χ4n) is 1.17. The van der Waals surface area contributed by atoms with Crippen molar-refractivity contribution in [2.24, 2.45) is 4.99 Å². The van der Waals surface area contributed by atoms with Crippen LogP contribution in [0.5, 0.6) is 0 Å². The third-order valence-electron chi connectivity index (χ3n) is 1.84. The van der Waals surface area contributed by atoms with Crippen molar-refractivity contribution in [1.82, 2.24) is 10.6 Å². The molecule has 0 fully saturated rings. The lowest BCUT2D eigenvalue weighted by Crippen LogP contribution is -2.36. The van der Waals surface area contributed by atoms with Gasteiger partial charge >= 0.3 is 0 Å². The smallest absolute Gasteiger partial charge is 0.190 e. The largest absolute Gasteiger partial charge is 0.359 e. The zero-order chi connectivity index (χ0) is 11.5. The minimum atomic E-state index is -0.123. The van der Waals surface area contributed by atoms with Crippen LogP contribution in [0.2, 0.25) is 0 Å². The van der Waals surface area contributed by atoms with Crippen LogP contribution in [0.25, 0.3) is 0 Å². The van der Waals surface area contributed by atoms with Gasteiger partial charge in [-0.25, -0.2) is 0 Å². The molecule has 0 aliphatic heterocycles. The second-order valence-corrected chi connectivity index (χ2v) is 2.88. The van der Waals surface area contributed by atoms with Crippen molar-refractivity contribution in [1.29, 1.82) is 0 Å². The fourth-order valence-corrected chi connectivity index (χ4v) is 1.17. The first kappa shape index (κ1) is 14.2. The van der Waals surface area contributed by atoms with E-state index in [-0.39, 0.29) is 6.29 Å². The molecular formula is C10H23N3O2. The highest BCUT2D eigenvalue weighted by Gasteiger charge is 2.07. The number of hydrogen-bond acceptors (Lipinski definition) is 3. The van der Waals surface area contributed by atoms with Crippen molar-refractivity contribution < 1.29 is 9.47 Å². The van der Waals surface area contributed by atoms with E-state index in [1.165, 1.54) is 0 Å². The van der Waals surface area contributed by atoms with E-state index in [2.05, 4.69) is 15.6 Å². The average molecular weight is 217 g/mol. The zero-order valence-electron chi connectivity index (χ0n) is 10.2. The molecule has 0 saturated carbocycles. The highest BCUT2D eigenvalue weighted by molar-refractivity contribution is 5.79. The second-order valence-electron chi connectivity index (χ2n) is 2.88. The summed E-state index contributed by atoms with van der Waals surface area (Å²) in [6, 6.07) is 0. The molecule has 90 valence electrons. The molecule has 5 heteroatoms. The summed E-state index contributed by atoms with van der Waals surface area (Å²) in [6.45, 7) is 6.05. The quantitative estimate of drug-likeness (QED) is 0.372. The summed E-state index contributed by atoms with van der Waals surface area (Å²) in [6.07, 6.45) is 0.685.